The Labute approximate surface area is 126 Å². The molecule has 2 rings (SSSR count). The van der Waals surface area contributed by atoms with Crippen LogP contribution in [0.25, 0.3) is 0 Å². The second-order valence-electron chi connectivity index (χ2n) is 4.21. The van der Waals surface area contributed by atoms with Crippen LogP contribution in [0.1, 0.15) is 11.6 Å². The molecule has 1 unspecified atom stereocenters. The standard InChI is InChI=1S/C15H14N2O3S/c18-12(10-21-13-8-4-5-9-16-13)17-14(15(19)20)11-6-2-1-3-7-11/h1-9,14H,10H2,(H,17,18)(H,19,20). The Morgan fingerprint density at radius 1 is 1.14 bits per heavy atom. The number of carboxylic acid groups (broad SMARTS) is 1. The molecule has 0 saturated heterocycles. The van der Waals surface area contributed by atoms with Crippen LogP contribution in [-0.4, -0.2) is 27.7 Å². The van der Waals surface area contributed by atoms with Gasteiger partial charge in [-0.25, -0.2) is 9.78 Å². The number of amides is 1. The van der Waals surface area contributed by atoms with Crippen molar-refractivity contribution in [2.75, 3.05) is 5.75 Å². The number of rotatable bonds is 6. The third-order valence-electron chi connectivity index (χ3n) is 2.67. The molecule has 5 nitrogen and oxygen atoms in total. The van der Waals surface area contributed by atoms with Gasteiger partial charge in [0.15, 0.2) is 6.04 Å². The van der Waals surface area contributed by atoms with E-state index in [1.165, 1.54) is 11.8 Å². The molecule has 21 heavy (non-hydrogen) atoms. The van der Waals surface area contributed by atoms with E-state index in [1.54, 1.807) is 48.7 Å². The van der Waals surface area contributed by atoms with Gasteiger partial charge < -0.3 is 10.4 Å². The van der Waals surface area contributed by atoms with Crippen LogP contribution in [0.5, 0.6) is 0 Å². The number of carbonyl (C=O) groups is 2. The lowest BCUT2D eigenvalue weighted by Crippen LogP contribution is -2.34. The van der Waals surface area contributed by atoms with E-state index >= 15 is 0 Å². The highest BCUT2D eigenvalue weighted by molar-refractivity contribution is 7.99. The van der Waals surface area contributed by atoms with Gasteiger partial charge in [-0.2, -0.15) is 0 Å². The molecule has 1 aromatic heterocycles. The number of hydrogen-bond donors (Lipinski definition) is 2. The minimum absolute atomic E-state index is 0.119. The number of carbonyl (C=O) groups excluding carboxylic acids is 1. The molecule has 1 amide bonds. The maximum atomic E-state index is 11.9. The van der Waals surface area contributed by atoms with Gasteiger partial charge >= 0.3 is 5.97 Å². The molecule has 0 radical (unpaired) electrons. The summed E-state index contributed by atoms with van der Waals surface area (Å²) in [5, 5.41) is 12.5. The van der Waals surface area contributed by atoms with Gasteiger partial charge in [0.1, 0.15) is 0 Å². The van der Waals surface area contributed by atoms with E-state index < -0.39 is 12.0 Å². The number of aliphatic carboxylic acids is 1. The summed E-state index contributed by atoms with van der Waals surface area (Å²) in [5.74, 6) is -1.31. The molecule has 0 aliphatic rings. The van der Waals surface area contributed by atoms with Crippen LogP contribution in [0.15, 0.2) is 59.8 Å². The first-order valence-corrected chi connectivity index (χ1v) is 7.26. The van der Waals surface area contributed by atoms with Crippen molar-refractivity contribution in [1.82, 2.24) is 10.3 Å². The maximum Gasteiger partial charge on any atom is 0.330 e. The van der Waals surface area contributed by atoms with E-state index in [1.807, 2.05) is 6.07 Å². The van der Waals surface area contributed by atoms with E-state index in [-0.39, 0.29) is 11.7 Å². The van der Waals surface area contributed by atoms with E-state index in [9.17, 15) is 14.7 Å². The Hall–Kier alpha value is -2.34. The highest BCUT2D eigenvalue weighted by Crippen LogP contribution is 2.16. The highest BCUT2D eigenvalue weighted by atomic mass is 32.2. The first-order chi connectivity index (χ1) is 10.2. The average Bonchev–Trinajstić information content (AvgIpc) is 2.52. The van der Waals surface area contributed by atoms with Crippen molar-refractivity contribution in [2.24, 2.45) is 0 Å². The van der Waals surface area contributed by atoms with Crippen molar-refractivity contribution in [3.63, 3.8) is 0 Å². The molecule has 1 atom stereocenters. The quantitative estimate of drug-likeness (QED) is 0.799. The fourth-order valence-corrected chi connectivity index (χ4v) is 2.38. The minimum Gasteiger partial charge on any atom is -0.479 e. The number of hydrogen-bond acceptors (Lipinski definition) is 4. The summed E-state index contributed by atoms with van der Waals surface area (Å²) in [7, 11) is 0. The summed E-state index contributed by atoms with van der Waals surface area (Å²) in [6.07, 6.45) is 1.64. The number of carboxylic acids is 1. The topological polar surface area (TPSA) is 79.3 Å². The summed E-state index contributed by atoms with van der Waals surface area (Å²) >= 11 is 1.26. The van der Waals surface area contributed by atoms with E-state index in [4.69, 9.17) is 0 Å². The molecule has 1 aromatic carbocycles. The largest absolute Gasteiger partial charge is 0.479 e. The van der Waals surface area contributed by atoms with E-state index in [0.717, 1.165) is 5.03 Å². The number of aromatic nitrogens is 1. The molecule has 1 heterocycles. The third kappa shape index (κ3) is 4.61. The predicted octanol–water partition coefficient (Wildman–Crippen LogP) is 2.12. The fraction of sp³-hybridized carbons (Fsp3) is 0.133. The van der Waals surface area contributed by atoms with Crippen molar-refractivity contribution in [3.05, 3.63) is 60.3 Å². The van der Waals surface area contributed by atoms with Gasteiger partial charge in [0.25, 0.3) is 0 Å². The van der Waals surface area contributed by atoms with Gasteiger partial charge in [0.05, 0.1) is 10.8 Å². The van der Waals surface area contributed by atoms with Gasteiger partial charge in [0.2, 0.25) is 5.91 Å². The van der Waals surface area contributed by atoms with Crippen LogP contribution < -0.4 is 5.32 Å². The molecule has 0 fully saturated rings. The van der Waals surface area contributed by atoms with Crippen molar-refractivity contribution in [1.29, 1.82) is 0 Å². The van der Waals surface area contributed by atoms with Gasteiger partial charge in [-0.15, -0.1) is 0 Å². The molecule has 108 valence electrons. The first-order valence-electron chi connectivity index (χ1n) is 6.28. The Bertz CT molecular complexity index is 605. The zero-order valence-corrected chi connectivity index (χ0v) is 11.9. The SMILES string of the molecule is O=C(CSc1ccccn1)NC(C(=O)O)c1ccccc1. The maximum absolute atomic E-state index is 11.9. The normalized spacial score (nSPS) is 11.6. The zero-order chi connectivity index (χ0) is 15.1. The molecule has 0 aliphatic heterocycles. The van der Waals surface area contributed by atoms with Crippen LogP contribution in [0.4, 0.5) is 0 Å². The van der Waals surface area contributed by atoms with Crippen LogP contribution in [0, 0.1) is 0 Å². The molecule has 0 spiro atoms. The Morgan fingerprint density at radius 3 is 2.48 bits per heavy atom. The van der Waals surface area contributed by atoms with E-state index in [0.29, 0.717) is 5.56 Å². The van der Waals surface area contributed by atoms with Gasteiger partial charge in [-0.1, -0.05) is 48.2 Å². The lowest BCUT2D eigenvalue weighted by molar-refractivity contribution is -0.141. The highest BCUT2D eigenvalue weighted by Gasteiger charge is 2.21. The molecule has 0 saturated carbocycles. The van der Waals surface area contributed by atoms with Crippen LogP contribution in [0.3, 0.4) is 0 Å². The zero-order valence-electron chi connectivity index (χ0n) is 11.1. The fourth-order valence-electron chi connectivity index (χ4n) is 1.71. The number of benzene rings is 1. The molecule has 0 bridgehead atoms. The van der Waals surface area contributed by atoms with Crippen molar-refractivity contribution in [3.8, 4) is 0 Å². The second kappa shape index (κ2) is 7.44. The molecule has 2 N–H and O–H groups in total. The van der Waals surface area contributed by atoms with Gasteiger partial charge in [-0.3, -0.25) is 4.79 Å². The molecular formula is C15H14N2O3S. The third-order valence-corrected chi connectivity index (χ3v) is 3.62. The number of thioether (sulfide) groups is 1. The summed E-state index contributed by atoms with van der Waals surface area (Å²) in [6.45, 7) is 0. The molecule has 0 aliphatic carbocycles. The number of pyridine rings is 1. The lowest BCUT2D eigenvalue weighted by atomic mass is 10.1. The first kappa shape index (κ1) is 15.1. The summed E-state index contributed by atoms with van der Waals surface area (Å²) in [6, 6.07) is 13.0. The molecular weight excluding hydrogens is 288 g/mol. The van der Waals surface area contributed by atoms with Crippen molar-refractivity contribution in [2.45, 2.75) is 11.1 Å². The summed E-state index contributed by atoms with van der Waals surface area (Å²) < 4.78 is 0. The van der Waals surface area contributed by atoms with Crippen LogP contribution in [0.2, 0.25) is 0 Å². The van der Waals surface area contributed by atoms with Crippen molar-refractivity contribution >= 4 is 23.6 Å². The van der Waals surface area contributed by atoms with Gasteiger partial charge in [-0.05, 0) is 17.7 Å². The Kier molecular flexibility index (Phi) is 5.34. The number of nitrogens with zero attached hydrogens (tertiary/aromatic N) is 1. The number of nitrogens with one attached hydrogen (secondary N) is 1. The average molecular weight is 302 g/mol. The minimum atomic E-state index is -1.09. The molecule has 6 heteroatoms. The summed E-state index contributed by atoms with van der Waals surface area (Å²) in [5.41, 5.74) is 0.543. The van der Waals surface area contributed by atoms with E-state index in [2.05, 4.69) is 10.3 Å². The second-order valence-corrected chi connectivity index (χ2v) is 5.20. The monoisotopic (exact) mass is 302 g/mol. The Balaban J connectivity index is 1.95. The predicted molar refractivity (Wildman–Crippen MR) is 79.9 cm³/mol. The van der Waals surface area contributed by atoms with Crippen LogP contribution >= 0.6 is 11.8 Å². The lowest BCUT2D eigenvalue weighted by Gasteiger charge is -2.14. The van der Waals surface area contributed by atoms with Crippen LogP contribution in [-0.2, 0) is 9.59 Å². The van der Waals surface area contributed by atoms with Crippen molar-refractivity contribution < 1.29 is 14.7 Å². The molecule has 2 aromatic rings. The summed E-state index contributed by atoms with van der Waals surface area (Å²) in [4.78, 5) is 27.2. The Morgan fingerprint density at radius 2 is 1.86 bits per heavy atom. The van der Waals surface area contributed by atoms with Gasteiger partial charge in [0, 0.05) is 6.20 Å². The smallest absolute Gasteiger partial charge is 0.330 e.